The highest BCUT2D eigenvalue weighted by molar-refractivity contribution is 6.35. The summed E-state index contributed by atoms with van der Waals surface area (Å²) >= 11 is 6.32. The summed E-state index contributed by atoms with van der Waals surface area (Å²) in [5.41, 5.74) is 6.91. The highest BCUT2D eigenvalue weighted by Gasteiger charge is 2.27. The standard InChI is InChI=1S/C23H25ClN4O2/c1-30-13-22(29)28-6-4-14-7-15(8-17(19(14)12-28)21-3-2-5-25-21)16-9-18-20(24)11-27-23(18)26-10-16/h7-11,21,25H,2-6,12-13H2,1H3,(H,26,27)/t21-/m0/s1. The number of amides is 1. The Morgan fingerprint density at radius 3 is 3.03 bits per heavy atom. The molecule has 5 rings (SSSR count). The van der Waals surface area contributed by atoms with Crippen LogP contribution in [0.4, 0.5) is 0 Å². The first-order valence-electron chi connectivity index (χ1n) is 10.4. The Labute approximate surface area is 180 Å². The molecule has 0 unspecified atom stereocenters. The van der Waals surface area contributed by atoms with E-state index in [2.05, 4.69) is 33.5 Å². The summed E-state index contributed by atoms with van der Waals surface area (Å²) in [6.07, 6.45) is 6.81. The van der Waals surface area contributed by atoms with Crippen molar-refractivity contribution in [1.82, 2.24) is 20.2 Å². The van der Waals surface area contributed by atoms with Gasteiger partial charge in [-0.05, 0) is 60.2 Å². The number of hydrogen-bond donors (Lipinski definition) is 2. The zero-order chi connectivity index (χ0) is 20.7. The van der Waals surface area contributed by atoms with Gasteiger partial charge in [0.05, 0.1) is 5.02 Å². The molecule has 156 valence electrons. The second-order valence-corrected chi connectivity index (χ2v) is 8.51. The molecular formula is C23H25ClN4O2. The molecule has 1 saturated heterocycles. The number of ether oxygens (including phenoxy) is 1. The van der Waals surface area contributed by atoms with Gasteiger partial charge in [-0.1, -0.05) is 17.7 Å². The number of aromatic amines is 1. The number of benzene rings is 1. The van der Waals surface area contributed by atoms with Gasteiger partial charge in [0, 0.05) is 49.6 Å². The molecule has 4 heterocycles. The van der Waals surface area contributed by atoms with Crippen LogP contribution in [-0.2, 0) is 22.5 Å². The van der Waals surface area contributed by atoms with Crippen LogP contribution in [0.3, 0.4) is 0 Å². The number of hydrogen-bond acceptors (Lipinski definition) is 4. The van der Waals surface area contributed by atoms with Gasteiger partial charge in [0.1, 0.15) is 12.3 Å². The van der Waals surface area contributed by atoms with E-state index in [0.29, 0.717) is 17.6 Å². The molecule has 1 amide bonds. The van der Waals surface area contributed by atoms with E-state index in [0.717, 1.165) is 48.1 Å². The van der Waals surface area contributed by atoms with E-state index in [-0.39, 0.29) is 12.5 Å². The van der Waals surface area contributed by atoms with Gasteiger partial charge >= 0.3 is 0 Å². The van der Waals surface area contributed by atoms with Crippen LogP contribution >= 0.6 is 11.6 Å². The summed E-state index contributed by atoms with van der Waals surface area (Å²) in [4.78, 5) is 22.0. The third-order valence-corrected chi connectivity index (χ3v) is 6.56. The largest absolute Gasteiger partial charge is 0.375 e. The summed E-state index contributed by atoms with van der Waals surface area (Å²) in [6.45, 7) is 2.53. The lowest BCUT2D eigenvalue weighted by Gasteiger charge is -2.32. The molecule has 3 aromatic rings. The van der Waals surface area contributed by atoms with Gasteiger partial charge in [0.15, 0.2) is 0 Å². The van der Waals surface area contributed by atoms with Crippen LogP contribution in [0.25, 0.3) is 22.2 Å². The first kappa shape index (κ1) is 19.5. The van der Waals surface area contributed by atoms with Crippen LogP contribution in [0.15, 0.2) is 30.6 Å². The molecule has 6 nitrogen and oxygen atoms in total. The molecule has 2 aliphatic rings. The number of methoxy groups -OCH3 is 1. The molecule has 30 heavy (non-hydrogen) atoms. The Kier molecular flexibility index (Phi) is 5.23. The molecule has 7 heteroatoms. The number of fused-ring (bicyclic) bond motifs is 2. The van der Waals surface area contributed by atoms with Gasteiger partial charge < -0.3 is 19.9 Å². The molecule has 0 radical (unpaired) electrons. The van der Waals surface area contributed by atoms with Crippen molar-refractivity contribution in [2.75, 3.05) is 26.8 Å². The smallest absolute Gasteiger partial charge is 0.248 e. The minimum absolute atomic E-state index is 0.0503. The Morgan fingerprint density at radius 1 is 1.33 bits per heavy atom. The van der Waals surface area contributed by atoms with Gasteiger partial charge in [-0.3, -0.25) is 4.79 Å². The van der Waals surface area contributed by atoms with E-state index in [1.165, 1.54) is 23.1 Å². The Bertz CT molecular complexity index is 1100. The van der Waals surface area contributed by atoms with E-state index < -0.39 is 0 Å². The molecule has 2 aromatic heterocycles. The summed E-state index contributed by atoms with van der Waals surface area (Å²) in [6, 6.07) is 6.96. The van der Waals surface area contributed by atoms with Gasteiger partial charge in [-0.15, -0.1) is 0 Å². The van der Waals surface area contributed by atoms with Gasteiger partial charge in [-0.25, -0.2) is 4.98 Å². The third kappa shape index (κ3) is 3.49. The number of nitrogens with one attached hydrogen (secondary N) is 2. The van der Waals surface area contributed by atoms with Crippen molar-refractivity contribution in [3.63, 3.8) is 0 Å². The van der Waals surface area contributed by atoms with Crippen LogP contribution in [0.2, 0.25) is 5.02 Å². The average molecular weight is 425 g/mol. The topological polar surface area (TPSA) is 70.2 Å². The molecule has 1 aromatic carbocycles. The monoisotopic (exact) mass is 424 g/mol. The summed E-state index contributed by atoms with van der Waals surface area (Å²) in [7, 11) is 1.57. The van der Waals surface area contributed by atoms with Gasteiger partial charge in [0.25, 0.3) is 0 Å². The SMILES string of the molecule is COCC(=O)N1CCc2cc(-c3cnc4[nH]cc(Cl)c4c3)cc([C@@H]3CCCN3)c2C1. The number of H-pyrrole nitrogens is 1. The average Bonchev–Trinajstić information content (AvgIpc) is 3.43. The lowest BCUT2D eigenvalue weighted by Crippen LogP contribution is -2.38. The fourth-order valence-corrected chi connectivity index (χ4v) is 4.88. The van der Waals surface area contributed by atoms with Gasteiger partial charge in [-0.2, -0.15) is 0 Å². The highest BCUT2D eigenvalue weighted by Crippen LogP contribution is 2.36. The van der Waals surface area contributed by atoms with Crippen molar-refractivity contribution in [2.45, 2.75) is 31.8 Å². The van der Waals surface area contributed by atoms with Crippen molar-refractivity contribution < 1.29 is 9.53 Å². The van der Waals surface area contributed by atoms with Crippen molar-refractivity contribution in [2.24, 2.45) is 0 Å². The van der Waals surface area contributed by atoms with E-state index in [1.807, 2.05) is 11.1 Å². The first-order chi connectivity index (χ1) is 14.6. The van der Waals surface area contributed by atoms with E-state index in [4.69, 9.17) is 16.3 Å². The van der Waals surface area contributed by atoms with Crippen LogP contribution in [0.5, 0.6) is 0 Å². The van der Waals surface area contributed by atoms with E-state index in [9.17, 15) is 4.79 Å². The first-order valence-corrected chi connectivity index (χ1v) is 10.8. The number of pyridine rings is 1. The molecule has 2 aliphatic heterocycles. The minimum Gasteiger partial charge on any atom is -0.375 e. The maximum atomic E-state index is 12.4. The van der Waals surface area contributed by atoms with E-state index in [1.54, 1.807) is 13.3 Å². The fourth-order valence-electron chi connectivity index (χ4n) is 4.68. The van der Waals surface area contributed by atoms with Crippen molar-refractivity contribution in [3.05, 3.63) is 52.3 Å². The second-order valence-electron chi connectivity index (χ2n) is 8.11. The number of rotatable bonds is 4. The molecule has 0 aliphatic carbocycles. The number of carbonyl (C=O) groups excluding carboxylic acids is 1. The molecule has 0 bridgehead atoms. The maximum absolute atomic E-state index is 12.4. The molecule has 1 atom stereocenters. The zero-order valence-electron chi connectivity index (χ0n) is 17.0. The number of carbonyl (C=O) groups is 1. The Balaban J connectivity index is 1.58. The fraction of sp³-hybridized carbons (Fsp3) is 0.391. The molecule has 0 saturated carbocycles. The molecule has 1 fully saturated rings. The van der Waals surface area contributed by atoms with Crippen molar-refractivity contribution in [1.29, 1.82) is 0 Å². The van der Waals surface area contributed by atoms with Crippen LogP contribution < -0.4 is 5.32 Å². The lowest BCUT2D eigenvalue weighted by atomic mass is 9.87. The number of aromatic nitrogens is 2. The second kappa shape index (κ2) is 8.02. The lowest BCUT2D eigenvalue weighted by molar-refractivity contribution is -0.136. The quantitative estimate of drug-likeness (QED) is 0.667. The van der Waals surface area contributed by atoms with Crippen LogP contribution in [0, 0.1) is 0 Å². The third-order valence-electron chi connectivity index (χ3n) is 6.25. The predicted octanol–water partition coefficient (Wildman–Crippen LogP) is 3.84. The Hall–Kier alpha value is -2.41. The number of halogens is 1. The van der Waals surface area contributed by atoms with Crippen molar-refractivity contribution >= 4 is 28.5 Å². The maximum Gasteiger partial charge on any atom is 0.248 e. The Morgan fingerprint density at radius 2 is 2.23 bits per heavy atom. The number of nitrogens with zero attached hydrogens (tertiary/aromatic N) is 2. The molecule has 0 spiro atoms. The summed E-state index contributed by atoms with van der Waals surface area (Å²) < 4.78 is 5.07. The summed E-state index contributed by atoms with van der Waals surface area (Å²) in [5.74, 6) is 0.0503. The normalized spacial score (nSPS) is 18.7. The van der Waals surface area contributed by atoms with Crippen LogP contribution in [0.1, 0.15) is 35.6 Å². The predicted molar refractivity (Wildman–Crippen MR) is 118 cm³/mol. The van der Waals surface area contributed by atoms with E-state index >= 15 is 0 Å². The van der Waals surface area contributed by atoms with Crippen molar-refractivity contribution in [3.8, 4) is 11.1 Å². The summed E-state index contributed by atoms with van der Waals surface area (Å²) in [5, 5.41) is 5.25. The minimum atomic E-state index is 0.0503. The molecule has 2 N–H and O–H groups in total. The van der Waals surface area contributed by atoms with Gasteiger partial charge in [0.2, 0.25) is 5.91 Å². The van der Waals surface area contributed by atoms with Crippen LogP contribution in [-0.4, -0.2) is 47.6 Å². The highest BCUT2D eigenvalue weighted by atomic mass is 35.5. The zero-order valence-corrected chi connectivity index (χ0v) is 17.8. The molecular weight excluding hydrogens is 400 g/mol.